The highest BCUT2D eigenvalue weighted by Gasteiger charge is 2.20. The highest BCUT2D eigenvalue weighted by Crippen LogP contribution is 2.33. The molecule has 1 aliphatic carbocycles. The molecule has 1 aliphatic rings. The van der Waals surface area contributed by atoms with E-state index in [9.17, 15) is 0 Å². The van der Waals surface area contributed by atoms with Crippen molar-refractivity contribution in [2.24, 2.45) is 11.7 Å². The summed E-state index contributed by atoms with van der Waals surface area (Å²) >= 11 is 2.16. The second-order valence-electron chi connectivity index (χ2n) is 4.08. The first-order chi connectivity index (χ1) is 6.36. The molecule has 0 aromatic heterocycles. The standard InChI is InChI=1S/C11H23NS/c1-2-10-5-3-6-11(9-10)13-8-4-7-12/h10-11H,2-9,12H2,1H3. The van der Waals surface area contributed by atoms with Crippen molar-refractivity contribution in [3.63, 3.8) is 0 Å². The number of rotatable bonds is 5. The zero-order valence-corrected chi connectivity index (χ0v) is 9.61. The van der Waals surface area contributed by atoms with E-state index >= 15 is 0 Å². The van der Waals surface area contributed by atoms with Gasteiger partial charge in [-0.1, -0.05) is 26.2 Å². The van der Waals surface area contributed by atoms with Gasteiger partial charge in [-0.15, -0.1) is 0 Å². The Hall–Kier alpha value is 0.310. The molecule has 0 aliphatic heterocycles. The van der Waals surface area contributed by atoms with Crippen LogP contribution in [0.2, 0.25) is 0 Å². The van der Waals surface area contributed by atoms with E-state index in [1.54, 1.807) is 0 Å². The van der Waals surface area contributed by atoms with Crippen molar-refractivity contribution in [2.75, 3.05) is 12.3 Å². The Morgan fingerprint density at radius 3 is 2.92 bits per heavy atom. The molecule has 1 saturated carbocycles. The third kappa shape index (κ3) is 4.37. The number of hydrogen-bond acceptors (Lipinski definition) is 2. The van der Waals surface area contributed by atoms with Gasteiger partial charge in [-0.2, -0.15) is 11.8 Å². The molecule has 0 amide bonds. The summed E-state index contributed by atoms with van der Waals surface area (Å²) < 4.78 is 0. The smallest absolute Gasteiger partial charge is 0.00496 e. The largest absolute Gasteiger partial charge is 0.330 e. The quantitative estimate of drug-likeness (QED) is 0.692. The lowest BCUT2D eigenvalue weighted by Gasteiger charge is -2.27. The van der Waals surface area contributed by atoms with Crippen LogP contribution in [0.3, 0.4) is 0 Å². The van der Waals surface area contributed by atoms with Crippen LogP contribution in [-0.2, 0) is 0 Å². The topological polar surface area (TPSA) is 26.0 Å². The highest BCUT2D eigenvalue weighted by molar-refractivity contribution is 7.99. The van der Waals surface area contributed by atoms with E-state index in [0.717, 1.165) is 17.7 Å². The van der Waals surface area contributed by atoms with Crippen LogP contribution in [0.15, 0.2) is 0 Å². The lowest BCUT2D eigenvalue weighted by molar-refractivity contribution is 0.357. The maximum absolute atomic E-state index is 5.48. The zero-order chi connectivity index (χ0) is 9.52. The highest BCUT2D eigenvalue weighted by atomic mass is 32.2. The van der Waals surface area contributed by atoms with Crippen LogP contribution in [0.1, 0.15) is 45.4 Å². The van der Waals surface area contributed by atoms with Crippen molar-refractivity contribution in [1.29, 1.82) is 0 Å². The molecule has 1 rings (SSSR count). The Morgan fingerprint density at radius 1 is 1.38 bits per heavy atom. The lowest BCUT2D eigenvalue weighted by atomic mass is 9.87. The second-order valence-corrected chi connectivity index (χ2v) is 5.48. The van der Waals surface area contributed by atoms with Crippen molar-refractivity contribution < 1.29 is 0 Å². The Kier molecular flexibility index (Phi) is 5.88. The maximum Gasteiger partial charge on any atom is 0.00496 e. The minimum Gasteiger partial charge on any atom is -0.330 e. The molecule has 1 fully saturated rings. The molecule has 0 heterocycles. The summed E-state index contributed by atoms with van der Waals surface area (Å²) in [5, 5.41) is 0.949. The summed E-state index contributed by atoms with van der Waals surface area (Å²) in [5.41, 5.74) is 5.48. The molecular weight excluding hydrogens is 178 g/mol. The minimum atomic E-state index is 0.858. The fraction of sp³-hybridized carbons (Fsp3) is 1.00. The van der Waals surface area contributed by atoms with E-state index in [-0.39, 0.29) is 0 Å². The summed E-state index contributed by atoms with van der Waals surface area (Å²) in [4.78, 5) is 0. The first kappa shape index (κ1) is 11.4. The van der Waals surface area contributed by atoms with Gasteiger partial charge in [0.25, 0.3) is 0 Å². The van der Waals surface area contributed by atoms with E-state index in [0.29, 0.717) is 0 Å². The molecule has 2 atom stereocenters. The Labute approximate surface area is 86.8 Å². The monoisotopic (exact) mass is 201 g/mol. The first-order valence-corrected chi connectivity index (χ1v) is 6.73. The first-order valence-electron chi connectivity index (χ1n) is 5.68. The molecule has 2 heteroatoms. The van der Waals surface area contributed by atoms with Crippen LogP contribution in [0.4, 0.5) is 0 Å². The molecule has 0 saturated heterocycles. The maximum atomic E-state index is 5.48. The minimum absolute atomic E-state index is 0.858. The van der Waals surface area contributed by atoms with Crippen LogP contribution < -0.4 is 5.73 Å². The van der Waals surface area contributed by atoms with Gasteiger partial charge < -0.3 is 5.73 Å². The average molecular weight is 201 g/mol. The van der Waals surface area contributed by atoms with Gasteiger partial charge in [0.1, 0.15) is 0 Å². The van der Waals surface area contributed by atoms with E-state index in [1.807, 2.05) is 0 Å². The van der Waals surface area contributed by atoms with Gasteiger partial charge in [0.15, 0.2) is 0 Å². The van der Waals surface area contributed by atoms with E-state index in [4.69, 9.17) is 5.73 Å². The van der Waals surface area contributed by atoms with Crippen LogP contribution >= 0.6 is 11.8 Å². The van der Waals surface area contributed by atoms with Crippen molar-refractivity contribution in [3.8, 4) is 0 Å². The van der Waals surface area contributed by atoms with Crippen molar-refractivity contribution >= 4 is 11.8 Å². The predicted octanol–water partition coefficient (Wildman–Crippen LogP) is 3.04. The molecule has 78 valence electrons. The van der Waals surface area contributed by atoms with Gasteiger partial charge >= 0.3 is 0 Å². The molecular formula is C11H23NS. The van der Waals surface area contributed by atoms with Crippen LogP contribution in [0.25, 0.3) is 0 Å². The van der Waals surface area contributed by atoms with Crippen LogP contribution in [0.5, 0.6) is 0 Å². The Bertz CT molecular complexity index is 127. The Morgan fingerprint density at radius 2 is 2.23 bits per heavy atom. The fourth-order valence-electron chi connectivity index (χ4n) is 2.10. The summed E-state index contributed by atoms with van der Waals surface area (Å²) in [7, 11) is 0. The number of nitrogens with two attached hydrogens (primary N) is 1. The van der Waals surface area contributed by atoms with Crippen LogP contribution in [0, 0.1) is 5.92 Å². The van der Waals surface area contributed by atoms with Crippen LogP contribution in [-0.4, -0.2) is 17.5 Å². The van der Waals surface area contributed by atoms with Gasteiger partial charge in [-0.3, -0.25) is 0 Å². The number of hydrogen-bond donors (Lipinski definition) is 1. The number of thioether (sulfide) groups is 1. The van der Waals surface area contributed by atoms with E-state index in [2.05, 4.69) is 18.7 Å². The van der Waals surface area contributed by atoms with Gasteiger partial charge in [-0.25, -0.2) is 0 Å². The van der Waals surface area contributed by atoms with Crippen molar-refractivity contribution in [2.45, 2.75) is 50.7 Å². The molecule has 0 aromatic carbocycles. The molecule has 0 bridgehead atoms. The molecule has 0 aromatic rings. The van der Waals surface area contributed by atoms with E-state index in [1.165, 1.54) is 44.3 Å². The summed E-state index contributed by atoms with van der Waals surface area (Å²) in [6.45, 7) is 3.19. The molecule has 1 nitrogen and oxygen atoms in total. The average Bonchev–Trinajstić information content (AvgIpc) is 2.19. The molecule has 13 heavy (non-hydrogen) atoms. The molecule has 0 radical (unpaired) electrons. The van der Waals surface area contributed by atoms with Crippen molar-refractivity contribution in [3.05, 3.63) is 0 Å². The van der Waals surface area contributed by atoms with Gasteiger partial charge in [0.05, 0.1) is 0 Å². The molecule has 0 spiro atoms. The summed E-state index contributed by atoms with van der Waals surface area (Å²) in [6.07, 6.45) is 8.42. The van der Waals surface area contributed by atoms with Gasteiger partial charge in [0, 0.05) is 5.25 Å². The lowest BCUT2D eigenvalue weighted by Crippen LogP contribution is -2.17. The third-order valence-electron chi connectivity index (χ3n) is 3.01. The zero-order valence-electron chi connectivity index (χ0n) is 8.80. The van der Waals surface area contributed by atoms with Gasteiger partial charge in [0.2, 0.25) is 0 Å². The van der Waals surface area contributed by atoms with Gasteiger partial charge in [-0.05, 0) is 37.5 Å². The SMILES string of the molecule is CCC1CCCC(SCCCN)C1. The Balaban J connectivity index is 2.11. The normalized spacial score (nSPS) is 29.1. The third-order valence-corrected chi connectivity index (χ3v) is 4.44. The predicted molar refractivity (Wildman–Crippen MR) is 62.2 cm³/mol. The molecule has 2 unspecified atom stereocenters. The fourth-order valence-corrected chi connectivity index (χ4v) is 3.51. The molecule has 2 N–H and O–H groups in total. The summed E-state index contributed by atoms with van der Waals surface area (Å²) in [5.74, 6) is 2.29. The second kappa shape index (κ2) is 6.72. The van der Waals surface area contributed by atoms with Crippen molar-refractivity contribution in [1.82, 2.24) is 0 Å². The van der Waals surface area contributed by atoms with E-state index < -0.39 is 0 Å². The summed E-state index contributed by atoms with van der Waals surface area (Å²) in [6, 6.07) is 0.